The van der Waals surface area contributed by atoms with Crippen LogP contribution in [0.5, 0.6) is 0 Å². The Labute approximate surface area is 92.3 Å². The van der Waals surface area contributed by atoms with Gasteiger partial charge in [0.15, 0.2) is 0 Å². The SMILES string of the molecule is Cc1cccc(CNCCCCCO)c1. The van der Waals surface area contributed by atoms with Crippen molar-refractivity contribution in [2.75, 3.05) is 13.2 Å². The standard InChI is InChI=1S/C13H21NO/c1-12-6-5-7-13(10-12)11-14-8-3-2-4-9-15/h5-7,10,14-15H,2-4,8-9,11H2,1H3. The summed E-state index contributed by atoms with van der Waals surface area (Å²) in [6.45, 7) is 4.41. The van der Waals surface area contributed by atoms with Gasteiger partial charge in [0.1, 0.15) is 0 Å². The van der Waals surface area contributed by atoms with Crippen LogP contribution in [0, 0.1) is 6.92 Å². The van der Waals surface area contributed by atoms with Crippen LogP contribution in [-0.4, -0.2) is 18.3 Å². The van der Waals surface area contributed by atoms with Crippen LogP contribution in [0.4, 0.5) is 0 Å². The molecule has 0 saturated carbocycles. The van der Waals surface area contributed by atoms with E-state index in [2.05, 4.69) is 36.5 Å². The summed E-state index contributed by atoms with van der Waals surface area (Å²) in [5, 5.41) is 12.0. The van der Waals surface area contributed by atoms with Crippen molar-refractivity contribution in [3.63, 3.8) is 0 Å². The van der Waals surface area contributed by atoms with Gasteiger partial charge >= 0.3 is 0 Å². The molecule has 0 unspecified atom stereocenters. The third kappa shape index (κ3) is 5.55. The Hall–Kier alpha value is -0.860. The number of rotatable bonds is 7. The van der Waals surface area contributed by atoms with E-state index in [4.69, 9.17) is 5.11 Å². The normalized spacial score (nSPS) is 10.5. The minimum Gasteiger partial charge on any atom is -0.396 e. The molecule has 0 heterocycles. The molecule has 0 aliphatic carbocycles. The van der Waals surface area contributed by atoms with Crippen molar-refractivity contribution in [2.24, 2.45) is 0 Å². The van der Waals surface area contributed by atoms with Gasteiger partial charge in [-0.3, -0.25) is 0 Å². The molecule has 15 heavy (non-hydrogen) atoms. The predicted octanol–water partition coefficient (Wildman–Crippen LogP) is 2.25. The van der Waals surface area contributed by atoms with Crippen LogP contribution in [-0.2, 0) is 6.54 Å². The van der Waals surface area contributed by atoms with E-state index in [1.165, 1.54) is 11.1 Å². The van der Waals surface area contributed by atoms with E-state index in [-0.39, 0.29) is 0 Å². The van der Waals surface area contributed by atoms with E-state index < -0.39 is 0 Å². The molecule has 0 fully saturated rings. The molecule has 0 saturated heterocycles. The lowest BCUT2D eigenvalue weighted by atomic mass is 10.1. The van der Waals surface area contributed by atoms with Crippen LogP contribution in [0.1, 0.15) is 30.4 Å². The van der Waals surface area contributed by atoms with Crippen LogP contribution in [0.15, 0.2) is 24.3 Å². The van der Waals surface area contributed by atoms with Gasteiger partial charge in [-0.1, -0.05) is 29.8 Å². The number of aryl methyl sites for hydroxylation is 1. The van der Waals surface area contributed by atoms with Crippen molar-refractivity contribution in [2.45, 2.75) is 32.7 Å². The van der Waals surface area contributed by atoms with E-state index in [0.717, 1.165) is 32.4 Å². The van der Waals surface area contributed by atoms with Crippen LogP contribution in [0.25, 0.3) is 0 Å². The minimum absolute atomic E-state index is 0.317. The van der Waals surface area contributed by atoms with Gasteiger partial charge in [0, 0.05) is 13.2 Å². The maximum absolute atomic E-state index is 8.61. The predicted molar refractivity (Wildman–Crippen MR) is 63.8 cm³/mol. The smallest absolute Gasteiger partial charge is 0.0431 e. The molecule has 0 aliphatic rings. The first-order valence-corrected chi connectivity index (χ1v) is 5.70. The van der Waals surface area contributed by atoms with Crippen LogP contribution in [0.3, 0.4) is 0 Å². The Bertz CT molecular complexity index is 273. The number of hydrogen-bond donors (Lipinski definition) is 2. The molecule has 2 heteroatoms. The fourth-order valence-corrected chi connectivity index (χ4v) is 1.59. The van der Waals surface area contributed by atoms with E-state index in [1.807, 2.05) is 0 Å². The number of benzene rings is 1. The molecule has 84 valence electrons. The molecule has 0 atom stereocenters. The van der Waals surface area contributed by atoms with Crippen molar-refractivity contribution in [1.29, 1.82) is 0 Å². The highest BCUT2D eigenvalue weighted by Gasteiger charge is 1.92. The zero-order valence-corrected chi connectivity index (χ0v) is 9.50. The molecule has 0 bridgehead atoms. The van der Waals surface area contributed by atoms with Crippen LogP contribution in [0.2, 0.25) is 0 Å². The first kappa shape index (κ1) is 12.2. The Kier molecular flexibility index (Phi) is 6.05. The van der Waals surface area contributed by atoms with E-state index in [0.29, 0.717) is 6.61 Å². The van der Waals surface area contributed by atoms with Gasteiger partial charge in [0.25, 0.3) is 0 Å². The molecule has 2 nitrogen and oxygen atoms in total. The third-order valence-electron chi connectivity index (χ3n) is 2.42. The first-order chi connectivity index (χ1) is 7.33. The summed E-state index contributed by atoms with van der Waals surface area (Å²) < 4.78 is 0. The van der Waals surface area contributed by atoms with Gasteiger partial charge in [-0.25, -0.2) is 0 Å². The number of aliphatic hydroxyl groups excluding tert-OH is 1. The maximum Gasteiger partial charge on any atom is 0.0431 e. The highest BCUT2D eigenvalue weighted by atomic mass is 16.2. The van der Waals surface area contributed by atoms with Crippen molar-refractivity contribution < 1.29 is 5.11 Å². The van der Waals surface area contributed by atoms with Crippen LogP contribution < -0.4 is 5.32 Å². The summed E-state index contributed by atoms with van der Waals surface area (Å²) in [4.78, 5) is 0. The van der Waals surface area contributed by atoms with Gasteiger partial charge in [-0.05, 0) is 38.3 Å². The van der Waals surface area contributed by atoms with Gasteiger partial charge in [-0.15, -0.1) is 0 Å². The van der Waals surface area contributed by atoms with Gasteiger partial charge in [0.05, 0.1) is 0 Å². The fourth-order valence-electron chi connectivity index (χ4n) is 1.59. The Morgan fingerprint density at radius 1 is 1.20 bits per heavy atom. The molecular weight excluding hydrogens is 186 g/mol. The summed E-state index contributed by atoms with van der Waals surface area (Å²) in [6, 6.07) is 8.57. The molecule has 2 N–H and O–H groups in total. The molecule has 1 aromatic rings. The van der Waals surface area contributed by atoms with E-state index in [9.17, 15) is 0 Å². The molecule has 0 aliphatic heterocycles. The van der Waals surface area contributed by atoms with E-state index >= 15 is 0 Å². The van der Waals surface area contributed by atoms with Gasteiger partial charge < -0.3 is 10.4 Å². The van der Waals surface area contributed by atoms with Crippen molar-refractivity contribution in [1.82, 2.24) is 5.32 Å². The van der Waals surface area contributed by atoms with Crippen molar-refractivity contribution in [3.8, 4) is 0 Å². The van der Waals surface area contributed by atoms with Gasteiger partial charge in [0.2, 0.25) is 0 Å². The zero-order chi connectivity index (χ0) is 10.9. The number of nitrogens with one attached hydrogen (secondary N) is 1. The molecule has 0 aromatic heterocycles. The molecular formula is C13H21NO. The topological polar surface area (TPSA) is 32.3 Å². The zero-order valence-electron chi connectivity index (χ0n) is 9.50. The monoisotopic (exact) mass is 207 g/mol. The Morgan fingerprint density at radius 2 is 2.07 bits per heavy atom. The summed E-state index contributed by atoms with van der Waals surface area (Å²) in [5.74, 6) is 0. The Morgan fingerprint density at radius 3 is 2.80 bits per heavy atom. The molecule has 1 rings (SSSR count). The summed E-state index contributed by atoms with van der Waals surface area (Å²) in [5.41, 5.74) is 2.66. The van der Waals surface area contributed by atoms with Crippen LogP contribution >= 0.6 is 0 Å². The maximum atomic E-state index is 8.61. The highest BCUT2D eigenvalue weighted by Crippen LogP contribution is 2.03. The van der Waals surface area contributed by atoms with Crippen molar-refractivity contribution in [3.05, 3.63) is 35.4 Å². The number of unbranched alkanes of at least 4 members (excludes halogenated alkanes) is 2. The average Bonchev–Trinajstić information content (AvgIpc) is 2.23. The third-order valence-corrected chi connectivity index (χ3v) is 2.42. The largest absolute Gasteiger partial charge is 0.396 e. The molecule has 0 radical (unpaired) electrons. The Balaban J connectivity index is 2.10. The molecule has 0 amide bonds. The lowest BCUT2D eigenvalue weighted by Crippen LogP contribution is -2.14. The lowest BCUT2D eigenvalue weighted by Gasteiger charge is -2.05. The fraction of sp³-hybridized carbons (Fsp3) is 0.538. The van der Waals surface area contributed by atoms with E-state index in [1.54, 1.807) is 0 Å². The highest BCUT2D eigenvalue weighted by molar-refractivity contribution is 5.21. The first-order valence-electron chi connectivity index (χ1n) is 5.70. The number of hydrogen-bond acceptors (Lipinski definition) is 2. The quantitative estimate of drug-likeness (QED) is 0.672. The second-order valence-corrected chi connectivity index (χ2v) is 3.95. The second-order valence-electron chi connectivity index (χ2n) is 3.95. The summed E-state index contributed by atoms with van der Waals surface area (Å²) >= 11 is 0. The summed E-state index contributed by atoms with van der Waals surface area (Å²) in [7, 11) is 0. The average molecular weight is 207 g/mol. The molecule has 1 aromatic carbocycles. The second kappa shape index (κ2) is 7.43. The lowest BCUT2D eigenvalue weighted by molar-refractivity contribution is 0.283. The number of aliphatic hydroxyl groups is 1. The van der Waals surface area contributed by atoms with Gasteiger partial charge in [-0.2, -0.15) is 0 Å². The van der Waals surface area contributed by atoms with Crippen molar-refractivity contribution >= 4 is 0 Å². The minimum atomic E-state index is 0.317. The summed E-state index contributed by atoms with van der Waals surface area (Å²) in [6.07, 6.45) is 3.18. The molecule has 0 spiro atoms.